The van der Waals surface area contributed by atoms with Gasteiger partial charge in [-0.15, -0.1) is 0 Å². The Hall–Kier alpha value is -0.138. The summed E-state index contributed by atoms with van der Waals surface area (Å²) < 4.78 is 0.212. The van der Waals surface area contributed by atoms with Gasteiger partial charge in [0.25, 0.3) is 0 Å². The minimum Gasteiger partial charge on any atom is -0.0513 e. The van der Waals surface area contributed by atoms with E-state index in [-0.39, 0.29) is 9.37 Å². The van der Waals surface area contributed by atoms with Gasteiger partial charge >= 0.3 is 106 Å². The molecule has 0 heterocycles. The maximum atomic E-state index is 11.7. The van der Waals surface area contributed by atoms with Crippen molar-refractivity contribution in [2.75, 3.05) is 6.54 Å². The fourth-order valence-electron chi connectivity index (χ4n) is 2.52. The summed E-state index contributed by atoms with van der Waals surface area (Å²) in [6.07, 6.45) is 12.3. The summed E-state index contributed by atoms with van der Waals surface area (Å²) in [5, 5.41) is 5.99. The Labute approximate surface area is 152 Å². The van der Waals surface area contributed by atoms with Gasteiger partial charge in [-0.05, 0) is 12.8 Å². The van der Waals surface area contributed by atoms with Gasteiger partial charge in [0.15, 0.2) is 0 Å². The van der Waals surface area contributed by atoms with Crippen LogP contribution in [0.3, 0.4) is 0 Å². The van der Waals surface area contributed by atoms with Crippen molar-refractivity contribution in [3.63, 3.8) is 0 Å². The number of nitrogens with one attached hydrogen (secondary N) is 2. The Kier molecular flexibility index (Phi) is 15.6. The summed E-state index contributed by atoms with van der Waals surface area (Å²) in [6, 6.07) is 0.453. The molecular weight excluding hydrogens is 469 g/mol. The number of hydrogen-bond donors (Lipinski definition) is 2. The molecule has 2 N–H and O–H groups in total. The Morgan fingerprint density at radius 1 is 1.00 bits per heavy atom. The molecule has 0 saturated heterocycles. The second-order valence-electron chi connectivity index (χ2n) is 6.06. The van der Waals surface area contributed by atoms with Crippen LogP contribution in [-0.4, -0.2) is 47.7 Å². The van der Waals surface area contributed by atoms with Crippen LogP contribution in [0.15, 0.2) is 0 Å². The van der Waals surface area contributed by atoms with E-state index in [1.54, 1.807) is 0 Å². The van der Waals surface area contributed by atoms with Crippen molar-refractivity contribution in [3.05, 3.63) is 0 Å². The SMILES string of the molecule is CCC.O=[C]([Tl])NCCCCCCCC(=O)NC1CCCC1. The Morgan fingerprint density at radius 3 is 2.14 bits per heavy atom. The zero-order chi connectivity index (χ0) is 16.6. The molecule has 4 nitrogen and oxygen atoms in total. The average Bonchev–Trinajstić information content (AvgIpc) is 2.95. The molecule has 1 saturated carbocycles. The van der Waals surface area contributed by atoms with Crippen molar-refractivity contribution in [3.8, 4) is 0 Å². The van der Waals surface area contributed by atoms with E-state index in [1.165, 1.54) is 19.3 Å². The Balaban J connectivity index is 0.00000135. The fraction of sp³-hybridized carbons (Fsp3) is 0.882. The molecule has 2 amide bonds. The quantitative estimate of drug-likeness (QED) is 0.374. The first-order valence-electron chi connectivity index (χ1n) is 8.92. The van der Waals surface area contributed by atoms with Crippen LogP contribution >= 0.6 is 0 Å². The molecular formula is C17H33N2O2Tl. The molecule has 1 rings (SSSR count). The molecule has 22 heavy (non-hydrogen) atoms. The standard InChI is InChI=1S/C14H25N2O2.C3H8.Tl/c17-12-15-11-7-3-1-2-4-10-14(18)16-13-8-5-6-9-13;1-3-2;/h13H,1-11H2,(H,15,17)(H,16,18);3H2,1-2H3;. The van der Waals surface area contributed by atoms with Crippen LogP contribution in [0.25, 0.3) is 0 Å². The summed E-state index contributed by atoms with van der Waals surface area (Å²) in [4.78, 5) is 22.4. The third-order valence-electron chi connectivity index (χ3n) is 3.60. The monoisotopic (exact) mass is 502 g/mol. The minimum absolute atomic E-state index is 0.212. The Morgan fingerprint density at radius 2 is 1.55 bits per heavy atom. The van der Waals surface area contributed by atoms with Crippen molar-refractivity contribution in [1.29, 1.82) is 0 Å². The molecule has 0 bridgehead atoms. The van der Waals surface area contributed by atoms with Crippen LogP contribution in [0.4, 0.5) is 4.79 Å². The molecule has 0 aliphatic heterocycles. The molecule has 0 aromatic carbocycles. The van der Waals surface area contributed by atoms with E-state index < -0.39 is 0 Å². The van der Waals surface area contributed by atoms with E-state index in [4.69, 9.17) is 0 Å². The van der Waals surface area contributed by atoms with E-state index in [0.29, 0.717) is 38.2 Å². The summed E-state index contributed by atoms with van der Waals surface area (Å²) in [5.41, 5.74) is 0. The molecule has 126 valence electrons. The number of unbranched alkanes of at least 4 members (excludes halogenated alkanes) is 4. The summed E-state index contributed by atoms with van der Waals surface area (Å²) in [5.74, 6) is 0.232. The summed E-state index contributed by atoms with van der Waals surface area (Å²) >= 11 is 0.406. The number of amides is 2. The molecule has 1 aliphatic rings. The van der Waals surface area contributed by atoms with Gasteiger partial charge in [0.05, 0.1) is 0 Å². The van der Waals surface area contributed by atoms with Crippen molar-refractivity contribution in [2.45, 2.75) is 90.5 Å². The molecule has 0 aromatic rings. The normalized spacial score (nSPS) is 14.0. The first-order valence-corrected chi connectivity index (χ1v) is 11.2. The zero-order valence-electron chi connectivity index (χ0n) is 14.5. The van der Waals surface area contributed by atoms with Crippen molar-refractivity contribution < 1.29 is 9.59 Å². The van der Waals surface area contributed by atoms with Crippen LogP contribution in [0.5, 0.6) is 0 Å². The van der Waals surface area contributed by atoms with Gasteiger partial charge in [-0.3, -0.25) is 0 Å². The summed E-state index contributed by atoms with van der Waals surface area (Å²) in [7, 11) is 0. The fourth-order valence-corrected chi connectivity index (χ4v) is 3.08. The number of hydrogen-bond acceptors (Lipinski definition) is 2. The third-order valence-corrected chi connectivity index (χ3v) is 4.39. The van der Waals surface area contributed by atoms with Crippen LogP contribution < -0.4 is 10.6 Å². The van der Waals surface area contributed by atoms with Gasteiger partial charge < -0.3 is 0 Å². The maximum absolute atomic E-state index is 11.7. The first kappa shape index (κ1) is 21.9. The molecule has 5 heteroatoms. The van der Waals surface area contributed by atoms with Gasteiger partial charge in [-0.1, -0.05) is 33.1 Å². The molecule has 0 unspecified atom stereocenters. The molecule has 0 atom stereocenters. The first-order chi connectivity index (χ1) is 10.6. The van der Waals surface area contributed by atoms with Crippen molar-refractivity contribution in [2.24, 2.45) is 0 Å². The predicted octanol–water partition coefficient (Wildman–Crippen LogP) is 3.68. The molecule has 0 radical (unpaired) electrons. The number of carbonyl (C=O) groups excluding carboxylic acids is 2. The summed E-state index contributed by atoms with van der Waals surface area (Å²) in [6.45, 7) is 5.07. The molecule has 0 aromatic heterocycles. The second-order valence-corrected chi connectivity index (χ2v) is 8.10. The van der Waals surface area contributed by atoms with Gasteiger partial charge in [-0.2, -0.15) is 0 Å². The number of carbonyl (C=O) groups is 2. The van der Waals surface area contributed by atoms with E-state index >= 15 is 0 Å². The predicted molar refractivity (Wildman–Crippen MR) is 93.2 cm³/mol. The second kappa shape index (κ2) is 15.7. The smallest absolute Gasteiger partial charge is 0.0513 e. The molecule has 1 aliphatic carbocycles. The van der Waals surface area contributed by atoms with E-state index in [2.05, 4.69) is 24.5 Å². The molecule has 0 spiro atoms. The minimum atomic E-state index is 0.212. The van der Waals surface area contributed by atoms with Crippen LogP contribution in [0.1, 0.15) is 84.5 Å². The zero-order valence-corrected chi connectivity index (χ0v) is 18.9. The molecule has 1 fully saturated rings. The average molecular weight is 502 g/mol. The van der Waals surface area contributed by atoms with E-state index in [0.717, 1.165) is 51.5 Å². The van der Waals surface area contributed by atoms with E-state index in [1.807, 2.05) is 0 Å². The van der Waals surface area contributed by atoms with Crippen LogP contribution in [-0.2, 0) is 4.79 Å². The van der Waals surface area contributed by atoms with Gasteiger partial charge in [-0.25, -0.2) is 0 Å². The number of rotatable bonds is 9. The van der Waals surface area contributed by atoms with Crippen LogP contribution in [0.2, 0.25) is 0 Å². The van der Waals surface area contributed by atoms with Gasteiger partial charge in [0, 0.05) is 0 Å². The third kappa shape index (κ3) is 14.8. The van der Waals surface area contributed by atoms with Gasteiger partial charge in [0.1, 0.15) is 0 Å². The van der Waals surface area contributed by atoms with Crippen molar-refractivity contribution >= 4 is 35.1 Å². The van der Waals surface area contributed by atoms with Crippen LogP contribution in [0, 0.1) is 0 Å². The van der Waals surface area contributed by atoms with Gasteiger partial charge in [0.2, 0.25) is 0 Å². The topological polar surface area (TPSA) is 58.2 Å². The van der Waals surface area contributed by atoms with E-state index in [9.17, 15) is 9.59 Å². The Bertz CT molecular complexity index is 292. The van der Waals surface area contributed by atoms with Crippen molar-refractivity contribution in [1.82, 2.24) is 10.6 Å².